The van der Waals surface area contributed by atoms with Gasteiger partial charge in [0.15, 0.2) is 0 Å². The predicted octanol–water partition coefficient (Wildman–Crippen LogP) is 0.490. The number of carboxylic acid groups (broad SMARTS) is 1. The number of nitrogens with one attached hydrogen (secondary N) is 1. The van der Waals surface area contributed by atoms with Gasteiger partial charge < -0.3 is 15.2 Å². The molecule has 0 radical (unpaired) electrons. The zero-order chi connectivity index (χ0) is 12.0. The fraction of sp³-hybridized carbons (Fsp3) is 0.800. The summed E-state index contributed by atoms with van der Waals surface area (Å²) in [5.74, 6) is -0.880. The fourth-order valence-corrected chi connectivity index (χ4v) is 2.13. The molecule has 6 heteroatoms. The molecule has 92 valence electrons. The quantitative estimate of drug-likeness (QED) is 0.684. The van der Waals surface area contributed by atoms with Crippen molar-refractivity contribution >= 4 is 23.6 Å². The lowest BCUT2D eigenvalue weighted by molar-refractivity contribution is -0.133. The van der Waals surface area contributed by atoms with E-state index in [0.29, 0.717) is 6.54 Å². The smallest absolute Gasteiger partial charge is 0.313 e. The first-order chi connectivity index (χ1) is 7.58. The summed E-state index contributed by atoms with van der Waals surface area (Å²) < 4.78 is 5.35. The topological polar surface area (TPSA) is 75.6 Å². The molecular formula is C10H17NO4S. The molecule has 1 rings (SSSR count). The average molecular weight is 247 g/mol. The highest BCUT2D eigenvalue weighted by Gasteiger charge is 2.37. The van der Waals surface area contributed by atoms with E-state index in [1.807, 2.05) is 0 Å². The molecule has 0 bridgehead atoms. The van der Waals surface area contributed by atoms with Crippen LogP contribution >= 0.6 is 11.8 Å². The van der Waals surface area contributed by atoms with Crippen molar-refractivity contribution in [3.8, 4) is 0 Å². The third kappa shape index (κ3) is 4.02. The van der Waals surface area contributed by atoms with Gasteiger partial charge in [-0.3, -0.25) is 9.59 Å². The maximum Gasteiger partial charge on any atom is 0.313 e. The van der Waals surface area contributed by atoms with Crippen LogP contribution < -0.4 is 5.32 Å². The number of methoxy groups -OCH3 is 1. The third-order valence-electron chi connectivity index (χ3n) is 2.76. The molecule has 0 saturated heterocycles. The summed E-state index contributed by atoms with van der Waals surface area (Å²) in [4.78, 5) is 21.6. The Bertz CT molecular complexity index is 260. The molecule has 0 atom stereocenters. The van der Waals surface area contributed by atoms with Crippen molar-refractivity contribution in [1.29, 1.82) is 0 Å². The number of amides is 1. The van der Waals surface area contributed by atoms with E-state index in [-0.39, 0.29) is 23.0 Å². The van der Waals surface area contributed by atoms with Gasteiger partial charge in [0.1, 0.15) is 0 Å². The van der Waals surface area contributed by atoms with Gasteiger partial charge >= 0.3 is 5.97 Å². The Labute approximate surface area is 98.9 Å². The summed E-state index contributed by atoms with van der Waals surface area (Å²) in [5.41, 5.74) is -0.173. The maximum atomic E-state index is 11.3. The molecule has 1 aliphatic carbocycles. The van der Waals surface area contributed by atoms with Crippen molar-refractivity contribution in [3.63, 3.8) is 0 Å². The lowest BCUT2D eigenvalue weighted by atomic mass is 9.80. The molecule has 2 N–H and O–H groups in total. The monoisotopic (exact) mass is 247 g/mol. The maximum absolute atomic E-state index is 11.3. The van der Waals surface area contributed by atoms with Crippen molar-refractivity contribution in [2.75, 3.05) is 25.2 Å². The van der Waals surface area contributed by atoms with Crippen molar-refractivity contribution in [2.24, 2.45) is 0 Å². The zero-order valence-corrected chi connectivity index (χ0v) is 10.1. The van der Waals surface area contributed by atoms with E-state index < -0.39 is 5.97 Å². The van der Waals surface area contributed by atoms with Gasteiger partial charge in [-0.15, -0.1) is 11.8 Å². The molecule has 1 saturated carbocycles. The Kier molecular flexibility index (Phi) is 5.08. The largest absolute Gasteiger partial charge is 0.481 e. The van der Waals surface area contributed by atoms with Gasteiger partial charge in [-0.25, -0.2) is 0 Å². The van der Waals surface area contributed by atoms with Crippen molar-refractivity contribution in [3.05, 3.63) is 0 Å². The Hall–Kier alpha value is -0.750. The second-order valence-corrected chi connectivity index (χ2v) is 4.89. The molecular weight excluding hydrogens is 230 g/mol. The van der Waals surface area contributed by atoms with Crippen LogP contribution in [0.15, 0.2) is 0 Å². The summed E-state index contributed by atoms with van der Waals surface area (Å²) in [6, 6.07) is 0. The second kappa shape index (κ2) is 6.10. The molecule has 0 aromatic rings. The van der Waals surface area contributed by atoms with Crippen molar-refractivity contribution < 1.29 is 19.4 Å². The van der Waals surface area contributed by atoms with E-state index in [9.17, 15) is 9.59 Å². The molecule has 16 heavy (non-hydrogen) atoms. The molecule has 0 aromatic heterocycles. The third-order valence-corrected chi connectivity index (χ3v) is 3.68. The SMILES string of the molecule is COC1(CNC(=O)CSCC(=O)O)CCC1. The van der Waals surface area contributed by atoms with Crippen LogP contribution in [0.2, 0.25) is 0 Å². The number of carbonyl (C=O) groups excluding carboxylic acids is 1. The van der Waals surface area contributed by atoms with Crippen LogP contribution in [0.25, 0.3) is 0 Å². The van der Waals surface area contributed by atoms with Crippen LogP contribution in [0, 0.1) is 0 Å². The first kappa shape index (κ1) is 13.3. The zero-order valence-electron chi connectivity index (χ0n) is 9.32. The summed E-state index contributed by atoms with van der Waals surface area (Å²) in [5, 5.41) is 11.2. The number of thioether (sulfide) groups is 1. The number of rotatable bonds is 7. The van der Waals surface area contributed by atoms with Gasteiger partial charge in [-0.1, -0.05) is 0 Å². The molecule has 1 aliphatic rings. The van der Waals surface area contributed by atoms with Crippen molar-refractivity contribution in [1.82, 2.24) is 5.32 Å². The minimum absolute atomic E-state index is 0.0388. The van der Waals surface area contributed by atoms with Gasteiger partial charge in [0.05, 0.1) is 17.1 Å². The van der Waals surface area contributed by atoms with E-state index in [0.717, 1.165) is 31.0 Å². The molecule has 0 unspecified atom stereocenters. The molecule has 5 nitrogen and oxygen atoms in total. The van der Waals surface area contributed by atoms with Crippen LogP contribution in [0.3, 0.4) is 0 Å². The van der Waals surface area contributed by atoms with Gasteiger partial charge in [0.2, 0.25) is 5.91 Å². The number of aliphatic carboxylic acids is 1. The second-order valence-electron chi connectivity index (χ2n) is 3.90. The van der Waals surface area contributed by atoms with Crippen LogP contribution in [-0.4, -0.2) is 47.7 Å². The number of carbonyl (C=O) groups is 2. The van der Waals surface area contributed by atoms with Crippen LogP contribution in [0.5, 0.6) is 0 Å². The average Bonchev–Trinajstić information content (AvgIpc) is 2.16. The molecule has 1 fully saturated rings. The van der Waals surface area contributed by atoms with Crippen LogP contribution in [0.1, 0.15) is 19.3 Å². The number of hydrogen-bond donors (Lipinski definition) is 2. The number of carboxylic acids is 1. The standard InChI is InChI=1S/C10H17NO4S/c1-15-10(3-2-4-10)7-11-8(12)5-16-6-9(13)14/h2-7H2,1H3,(H,11,12)(H,13,14). The van der Waals surface area contributed by atoms with Gasteiger partial charge in [-0.2, -0.15) is 0 Å². The lowest BCUT2D eigenvalue weighted by Gasteiger charge is -2.40. The van der Waals surface area contributed by atoms with Crippen LogP contribution in [0.4, 0.5) is 0 Å². The Morgan fingerprint density at radius 2 is 2.12 bits per heavy atom. The Balaban J connectivity index is 2.12. The summed E-state index contributed by atoms with van der Waals surface area (Å²) in [6.07, 6.45) is 3.09. The first-order valence-electron chi connectivity index (χ1n) is 5.19. The highest BCUT2D eigenvalue weighted by atomic mass is 32.2. The van der Waals surface area contributed by atoms with Gasteiger partial charge in [0.25, 0.3) is 0 Å². The Morgan fingerprint density at radius 3 is 2.56 bits per heavy atom. The van der Waals surface area contributed by atoms with Crippen LogP contribution in [-0.2, 0) is 14.3 Å². The number of hydrogen-bond acceptors (Lipinski definition) is 4. The summed E-state index contributed by atoms with van der Waals surface area (Å²) in [6.45, 7) is 0.524. The summed E-state index contributed by atoms with van der Waals surface area (Å²) in [7, 11) is 1.66. The van der Waals surface area contributed by atoms with E-state index in [2.05, 4.69) is 5.32 Å². The molecule has 0 aliphatic heterocycles. The van der Waals surface area contributed by atoms with Gasteiger partial charge in [0, 0.05) is 13.7 Å². The minimum atomic E-state index is -0.898. The van der Waals surface area contributed by atoms with Crippen molar-refractivity contribution in [2.45, 2.75) is 24.9 Å². The fourth-order valence-electron chi connectivity index (χ4n) is 1.57. The lowest BCUT2D eigenvalue weighted by Crippen LogP contribution is -2.49. The van der Waals surface area contributed by atoms with E-state index in [1.165, 1.54) is 0 Å². The van der Waals surface area contributed by atoms with Gasteiger partial charge in [-0.05, 0) is 19.3 Å². The normalized spacial score (nSPS) is 17.6. The van der Waals surface area contributed by atoms with E-state index in [4.69, 9.17) is 9.84 Å². The minimum Gasteiger partial charge on any atom is -0.481 e. The van der Waals surface area contributed by atoms with E-state index in [1.54, 1.807) is 7.11 Å². The molecule has 0 spiro atoms. The molecule has 0 aromatic carbocycles. The predicted molar refractivity (Wildman–Crippen MR) is 61.6 cm³/mol. The molecule has 1 amide bonds. The first-order valence-corrected chi connectivity index (χ1v) is 6.35. The molecule has 0 heterocycles. The highest BCUT2D eigenvalue weighted by Crippen LogP contribution is 2.34. The van der Waals surface area contributed by atoms with E-state index >= 15 is 0 Å². The Morgan fingerprint density at radius 1 is 1.44 bits per heavy atom. The summed E-state index contributed by atoms with van der Waals surface area (Å²) >= 11 is 1.10. The highest BCUT2D eigenvalue weighted by molar-refractivity contribution is 8.00. The number of ether oxygens (including phenoxy) is 1.